The smallest absolute Gasteiger partial charge is 0.221 e. The number of amides is 1. The SMILES string of the molecule is NC(=O)Cc1cncc(-c2nc3c4c(ccc3s2)OCC4)c1. The number of benzene rings is 1. The Morgan fingerprint density at radius 1 is 1.36 bits per heavy atom. The van der Waals surface area contributed by atoms with E-state index in [4.69, 9.17) is 15.5 Å². The number of aromatic nitrogens is 2. The average molecular weight is 311 g/mol. The predicted molar refractivity (Wildman–Crippen MR) is 84.9 cm³/mol. The van der Waals surface area contributed by atoms with Crippen LogP contribution in [0.15, 0.2) is 30.6 Å². The number of carbonyl (C=O) groups is 1. The molecule has 0 unspecified atom stereocenters. The molecule has 3 heterocycles. The fourth-order valence-electron chi connectivity index (χ4n) is 2.70. The lowest BCUT2D eigenvalue weighted by Gasteiger charge is -2.00. The van der Waals surface area contributed by atoms with Gasteiger partial charge in [0.05, 0.1) is 23.2 Å². The van der Waals surface area contributed by atoms with Gasteiger partial charge < -0.3 is 10.5 Å². The predicted octanol–water partition coefficient (Wildman–Crippen LogP) is 2.32. The Bertz CT molecular complexity index is 888. The molecule has 1 amide bonds. The second kappa shape index (κ2) is 5.06. The molecular weight excluding hydrogens is 298 g/mol. The Labute approximate surface area is 130 Å². The number of nitrogens with two attached hydrogens (primary N) is 1. The van der Waals surface area contributed by atoms with Crippen LogP contribution < -0.4 is 10.5 Å². The summed E-state index contributed by atoms with van der Waals surface area (Å²) in [5.41, 5.74) is 9.15. The molecule has 3 aromatic rings. The van der Waals surface area contributed by atoms with Gasteiger partial charge in [-0.15, -0.1) is 11.3 Å². The normalized spacial score (nSPS) is 13.1. The summed E-state index contributed by atoms with van der Waals surface area (Å²) in [6, 6.07) is 5.97. The van der Waals surface area contributed by atoms with Gasteiger partial charge in [0.25, 0.3) is 0 Å². The highest BCUT2D eigenvalue weighted by atomic mass is 32.1. The molecule has 0 saturated carbocycles. The lowest BCUT2D eigenvalue weighted by molar-refractivity contribution is -0.117. The molecule has 1 aromatic carbocycles. The molecule has 0 radical (unpaired) electrons. The van der Waals surface area contributed by atoms with Crippen LogP contribution in [-0.2, 0) is 17.6 Å². The Morgan fingerprint density at radius 3 is 3.14 bits per heavy atom. The molecule has 5 nitrogen and oxygen atoms in total. The molecular formula is C16H13N3O2S. The largest absolute Gasteiger partial charge is 0.493 e. The van der Waals surface area contributed by atoms with Crippen molar-refractivity contribution in [3.63, 3.8) is 0 Å². The summed E-state index contributed by atoms with van der Waals surface area (Å²) >= 11 is 1.62. The lowest BCUT2D eigenvalue weighted by Crippen LogP contribution is -2.13. The highest BCUT2D eigenvalue weighted by Crippen LogP contribution is 2.37. The van der Waals surface area contributed by atoms with E-state index in [1.165, 1.54) is 5.56 Å². The maximum atomic E-state index is 11.1. The van der Waals surface area contributed by atoms with Gasteiger partial charge in [0.15, 0.2) is 0 Å². The summed E-state index contributed by atoms with van der Waals surface area (Å²) in [4.78, 5) is 20.0. The third-order valence-electron chi connectivity index (χ3n) is 3.65. The monoisotopic (exact) mass is 311 g/mol. The minimum atomic E-state index is -0.363. The number of nitrogens with zero attached hydrogens (tertiary/aromatic N) is 2. The number of pyridine rings is 1. The first-order valence-electron chi connectivity index (χ1n) is 6.98. The van der Waals surface area contributed by atoms with Crippen molar-refractivity contribution in [3.05, 3.63) is 41.7 Å². The molecule has 0 spiro atoms. The average Bonchev–Trinajstić information content (AvgIpc) is 3.12. The number of fused-ring (bicyclic) bond motifs is 3. The second-order valence-electron chi connectivity index (χ2n) is 5.23. The lowest BCUT2D eigenvalue weighted by atomic mass is 10.1. The molecule has 22 heavy (non-hydrogen) atoms. The second-order valence-corrected chi connectivity index (χ2v) is 6.26. The van der Waals surface area contributed by atoms with Gasteiger partial charge in [0, 0.05) is 29.9 Å². The van der Waals surface area contributed by atoms with Crippen LogP contribution in [0.3, 0.4) is 0 Å². The van der Waals surface area contributed by atoms with Crippen LogP contribution >= 0.6 is 11.3 Å². The molecule has 0 bridgehead atoms. The highest BCUT2D eigenvalue weighted by Gasteiger charge is 2.18. The first-order chi connectivity index (χ1) is 10.7. The Balaban J connectivity index is 1.80. The Kier molecular flexibility index (Phi) is 3.04. The van der Waals surface area contributed by atoms with Crippen LogP contribution in [0.2, 0.25) is 0 Å². The number of hydrogen-bond acceptors (Lipinski definition) is 5. The van der Waals surface area contributed by atoms with Gasteiger partial charge in [-0.1, -0.05) is 0 Å². The molecule has 1 aliphatic rings. The third-order valence-corrected chi connectivity index (χ3v) is 4.72. The van der Waals surface area contributed by atoms with E-state index in [1.54, 1.807) is 23.7 Å². The van der Waals surface area contributed by atoms with Gasteiger partial charge in [-0.2, -0.15) is 0 Å². The van der Waals surface area contributed by atoms with Crippen LogP contribution in [-0.4, -0.2) is 22.5 Å². The van der Waals surface area contributed by atoms with Crippen LogP contribution in [0, 0.1) is 0 Å². The maximum absolute atomic E-state index is 11.1. The highest BCUT2D eigenvalue weighted by molar-refractivity contribution is 7.21. The molecule has 0 fully saturated rings. The fourth-order valence-corrected chi connectivity index (χ4v) is 3.67. The molecule has 2 N–H and O–H groups in total. The summed E-state index contributed by atoms with van der Waals surface area (Å²) in [7, 11) is 0. The molecule has 1 aliphatic heterocycles. The van der Waals surface area contributed by atoms with Gasteiger partial charge in [-0.3, -0.25) is 9.78 Å². The standard InChI is InChI=1S/C16H13N3O2S/c17-14(20)6-9-5-10(8-18-7-9)16-19-15-11-3-4-21-12(11)1-2-13(15)22-16/h1-2,5,7-8H,3-4,6H2,(H2,17,20). The van der Waals surface area contributed by atoms with Crippen molar-refractivity contribution in [2.24, 2.45) is 5.73 Å². The molecule has 2 aromatic heterocycles. The molecule has 0 aliphatic carbocycles. The number of thiazole rings is 1. The minimum absolute atomic E-state index is 0.189. The van der Waals surface area contributed by atoms with E-state index in [1.807, 2.05) is 18.2 Å². The number of carbonyl (C=O) groups excluding carboxylic acids is 1. The fraction of sp³-hybridized carbons (Fsp3) is 0.188. The van der Waals surface area contributed by atoms with E-state index in [2.05, 4.69) is 4.98 Å². The first kappa shape index (κ1) is 13.2. The van der Waals surface area contributed by atoms with E-state index < -0.39 is 0 Å². The minimum Gasteiger partial charge on any atom is -0.493 e. The van der Waals surface area contributed by atoms with Crippen molar-refractivity contribution in [3.8, 4) is 16.3 Å². The number of ether oxygens (including phenoxy) is 1. The summed E-state index contributed by atoms with van der Waals surface area (Å²) in [5.74, 6) is 0.572. The molecule has 110 valence electrons. The summed E-state index contributed by atoms with van der Waals surface area (Å²) in [6.45, 7) is 0.719. The van der Waals surface area contributed by atoms with E-state index in [9.17, 15) is 4.79 Å². The van der Waals surface area contributed by atoms with Gasteiger partial charge in [-0.25, -0.2) is 4.98 Å². The van der Waals surface area contributed by atoms with Crippen LogP contribution in [0.5, 0.6) is 5.75 Å². The summed E-state index contributed by atoms with van der Waals surface area (Å²) in [6.07, 6.45) is 4.51. The zero-order valence-corrected chi connectivity index (χ0v) is 12.5. The molecule has 6 heteroatoms. The van der Waals surface area contributed by atoms with Crippen LogP contribution in [0.1, 0.15) is 11.1 Å². The third kappa shape index (κ3) is 2.21. The van der Waals surface area contributed by atoms with Crippen molar-refractivity contribution >= 4 is 27.5 Å². The van der Waals surface area contributed by atoms with Gasteiger partial charge in [0.1, 0.15) is 10.8 Å². The quantitative estimate of drug-likeness (QED) is 0.805. The number of hydrogen-bond donors (Lipinski definition) is 1. The van der Waals surface area contributed by atoms with E-state index >= 15 is 0 Å². The zero-order chi connectivity index (χ0) is 15.1. The van der Waals surface area contributed by atoms with Crippen molar-refractivity contribution in [2.45, 2.75) is 12.8 Å². The zero-order valence-electron chi connectivity index (χ0n) is 11.7. The van der Waals surface area contributed by atoms with Gasteiger partial charge in [-0.05, 0) is 23.8 Å². The molecule has 4 rings (SSSR count). The Morgan fingerprint density at radius 2 is 2.27 bits per heavy atom. The first-order valence-corrected chi connectivity index (χ1v) is 7.80. The molecule has 0 atom stereocenters. The summed E-state index contributed by atoms with van der Waals surface area (Å²) in [5, 5.41) is 0.897. The van der Waals surface area contributed by atoms with Gasteiger partial charge in [0.2, 0.25) is 5.91 Å². The topological polar surface area (TPSA) is 78.1 Å². The Hall–Kier alpha value is -2.47. The van der Waals surface area contributed by atoms with E-state index in [0.717, 1.165) is 45.1 Å². The number of rotatable bonds is 3. The number of primary amides is 1. The van der Waals surface area contributed by atoms with Crippen LogP contribution in [0.4, 0.5) is 0 Å². The van der Waals surface area contributed by atoms with Crippen molar-refractivity contribution < 1.29 is 9.53 Å². The van der Waals surface area contributed by atoms with Crippen molar-refractivity contribution in [1.82, 2.24) is 9.97 Å². The van der Waals surface area contributed by atoms with Crippen molar-refractivity contribution in [2.75, 3.05) is 6.61 Å². The summed E-state index contributed by atoms with van der Waals surface area (Å²) < 4.78 is 6.72. The van der Waals surface area contributed by atoms with E-state index in [0.29, 0.717) is 0 Å². The molecule has 0 saturated heterocycles. The van der Waals surface area contributed by atoms with Crippen molar-refractivity contribution in [1.29, 1.82) is 0 Å². The van der Waals surface area contributed by atoms with E-state index in [-0.39, 0.29) is 12.3 Å². The van der Waals surface area contributed by atoms with Gasteiger partial charge >= 0.3 is 0 Å². The maximum Gasteiger partial charge on any atom is 0.221 e. The van der Waals surface area contributed by atoms with Crippen LogP contribution in [0.25, 0.3) is 20.8 Å².